The van der Waals surface area contributed by atoms with Crippen molar-refractivity contribution in [3.8, 4) is 0 Å². The van der Waals surface area contributed by atoms with E-state index in [1.54, 1.807) is 11.3 Å². The fourth-order valence-corrected chi connectivity index (χ4v) is 3.77. The Hall–Kier alpha value is -1.81. The van der Waals surface area contributed by atoms with E-state index in [1.807, 2.05) is 30.0 Å². The van der Waals surface area contributed by atoms with Crippen molar-refractivity contribution < 1.29 is 4.79 Å². The molecular formula is C16H18N2OS. The van der Waals surface area contributed by atoms with Crippen LogP contribution in [-0.4, -0.2) is 17.4 Å². The van der Waals surface area contributed by atoms with Gasteiger partial charge in [0.25, 0.3) is 5.91 Å². The van der Waals surface area contributed by atoms with Gasteiger partial charge in [0.2, 0.25) is 0 Å². The van der Waals surface area contributed by atoms with E-state index in [2.05, 4.69) is 18.4 Å². The van der Waals surface area contributed by atoms with Gasteiger partial charge in [-0.25, -0.2) is 0 Å². The highest BCUT2D eigenvalue weighted by Crippen LogP contribution is 2.34. The van der Waals surface area contributed by atoms with Crippen molar-refractivity contribution in [3.63, 3.8) is 0 Å². The first-order valence-electron chi connectivity index (χ1n) is 6.82. The largest absolute Gasteiger partial charge is 0.398 e. The number of amides is 1. The van der Waals surface area contributed by atoms with Gasteiger partial charge in [0.05, 0.1) is 11.6 Å². The average Bonchev–Trinajstić information content (AvgIpc) is 2.91. The van der Waals surface area contributed by atoms with Crippen LogP contribution in [0.3, 0.4) is 0 Å². The third-order valence-corrected chi connectivity index (χ3v) is 5.09. The normalized spacial score (nSPS) is 17.9. The number of hydrogen-bond donors (Lipinski definition) is 1. The van der Waals surface area contributed by atoms with Gasteiger partial charge in [-0.15, -0.1) is 11.3 Å². The standard InChI is InChI=1S/C16H18N2OS/c1-10-4-3-5-13(15(10)17)16(19)18-8-6-14-12(11(18)2)7-9-20-14/h3-5,7,9,11H,6,8,17H2,1-2H3. The predicted molar refractivity (Wildman–Crippen MR) is 83.1 cm³/mol. The predicted octanol–water partition coefficient (Wildman–Crippen LogP) is 3.40. The Labute approximate surface area is 123 Å². The van der Waals surface area contributed by atoms with E-state index in [-0.39, 0.29) is 11.9 Å². The molecule has 2 aromatic rings. The summed E-state index contributed by atoms with van der Waals surface area (Å²) in [5, 5.41) is 2.11. The summed E-state index contributed by atoms with van der Waals surface area (Å²) in [6.07, 6.45) is 0.939. The van der Waals surface area contributed by atoms with E-state index >= 15 is 0 Å². The topological polar surface area (TPSA) is 46.3 Å². The summed E-state index contributed by atoms with van der Waals surface area (Å²) >= 11 is 1.78. The minimum Gasteiger partial charge on any atom is -0.398 e. The molecule has 3 rings (SSSR count). The molecule has 0 radical (unpaired) electrons. The highest BCUT2D eigenvalue weighted by molar-refractivity contribution is 7.10. The van der Waals surface area contributed by atoms with Crippen LogP contribution in [0.5, 0.6) is 0 Å². The maximum atomic E-state index is 12.8. The third-order valence-electron chi connectivity index (χ3n) is 4.09. The number of rotatable bonds is 1. The van der Waals surface area contributed by atoms with E-state index < -0.39 is 0 Å². The maximum absolute atomic E-state index is 12.8. The van der Waals surface area contributed by atoms with Gasteiger partial charge >= 0.3 is 0 Å². The lowest BCUT2D eigenvalue weighted by Crippen LogP contribution is -2.38. The maximum Gasteiger partial charge on any atom is 0.256 e. The van der Waals surface area contributed by atoms with Crippen molar-refractivity contribution in [2.24, 2.45) is 0 Å². The minimum atomic E-state index is 0.0375. The number of nitrogens with zero attached hydrogens (tertiary/aromatic N) is 1. The summed E-state index contributed by atoms with van der Waals surface area (Å²) in [4.78, 5) is 16.1. The Bertz CT molecular complexity index is 662. The van der Waals surface area contributed by atoms with Gasteiger partial charge in [-0.2, -0.15) is 0 Å². The van der Waals surface area contributed by atoms with Gasteiger partial charge in [0, 0.05) is 17.1 Å². The molecule has 1 atom stereocenters. The molecule has 104 valence electrons. The minimum absolute atomic E-state index is 0.0375. The molecule has 0 aliphatic carbocycles. The number of hydrogen-bond acceptors (Lipinski definition) is 3. The summed E-state index contributed by atoms with van der Waals surface area (Å²) in [5.41, 5.74) is 9.52. The van der Waals surface area contributed by atoms with Gasteiger partial charge in [0.1, 0.15) is 0 Å². The molecule has 0 saturated carbocycles. The summed E-state index contributed by atoms with van der Waals surface area (Å²) in [7, 11) is 0. The lowest BCUT2D eigenvalue weighted by molar-refractivity contribution is 0.0680. The van der Waals surface area contributed by atoms with Gasteiger partial charge < -0.3 is 10.6 Å². The summed E-state index contributed by atoms with van der Waals surface area (Å²) in [6.45, 7) is 4.79. The molecule has 1 unspecified atom stereocenters. The van der Waals surface area contributed by atoms with E-state index in [9.17, 15) is 4.79 Å². The summed E-state index contributed by atoms with van der Waals surface area (Å²) in [5.74, 6) is 0.0375. The highest BCUT2D eigenvalue weighted by Gasteiger charge is 2.29. The number of carbonyl (C=O) groups is 1. The van der Waals surface area contributed by atoms with Gasteiger partial charge in [-0.3, -0.25) is 4.79 Å². The number of benzene rings is 1. The van der Waals surface area contributed by atoms with E-state index in [0.29, 0.717) is 11.3 Å². The molecule has 3 nitrogen and oxygen atoms in total. The van der Waals surface area contributed by atoms with Crippen molar-refractivity contribution in [2.75, 3.05) is 12.3 Å². The van der Waals surface area contributed by atoms with Crippen LogP contribution in [-0.2, 0) is 6.42 Å². The number of fused-ring (bicyclic) bond motifs is 1. The second-order valence-corrected chi connectivity index (χ2v) is 6.26. The first-order valence-corrected chi connectivity index (χ1v) is 7.70. The molecule has 1 amide bonds. The van der Waals surface area contributed by atoms with E-state index in [0.717, 1.165) is 18.5 Å². The number of para-hydroxylation sites is 1. The van der Waals surface area contributed by atoms with Gasteiger partial charge in [0.15, 0.2) is 0 Å². The Morgan fingerprint density at radius 2 is 2.20 bits per heavy atom. The van der Waals surface area contributed by atoms with Crippen LogP contribution in [0.15, 0.2) is 29.6 Å². The number of nitrogens with two attached hydrogens (primary N) is 1. The Balaban J connectivity index is 1.94. The zero-order chi connectivity index (χ0) is 14.3. The quantitative estimate of drug-likeness (QED) is 0.817. The van der Waals surface area contributed by atoms with Crippen LogP contribution < -0.4 is 5.73 Å². The third kappa shape index (κ3) is 2.00. The summed E-state index contributed by atoms with van der Waals surface area (Å²) in [6, 6.07) is 7.90. The van der Waals surface area contributed by atoms with Crippen molar-refractivity contribution in [1.29, 1.82) is 0 Å². The molecule has 0 saturated heterocycles. The first kappa shape index (κ1) is 13.2. The molecule has 2 N–H and O–H groups in total. The van der Waals surface area contributed by atoms with Crippen molar-refractivity contribution in [1.82, 2.24) is 4.90 Å². The lowest BCUT2D eigenvalue weighted by atomic mass is 9.99. The molecule has 0 bridgehead atoms. The van der Waals surface area contributed by atoms with E-state index in [1.165, 1.54) is 10.4 Å². The van der Waals surface area contributed by atoms with Crippen molar-refractivity contribution in [3.05, 3.63) is 51.2 Å². The second-order valence-electron chi connectivity index (χ2n) is 5.26. The highest BCUT2D eigenvalue weighted by atomic mass is 32.1. The van der Waals surface area contributed by atoms with Crippen LogP contribution in [0, 0.1) is 6.92 Å². The lowest BCUT2D eigenvalue weighted by Gasteiger charge is -2.34. The molecule has 1 aromatic carbocycles. The number of carbonyl (C=O) groups excluding carboxylic acids is 1. The Morgan fingerprint density at radius 3 is 3.00 bits per heavy atom. The SMILES string of the molecule is Cc1cccc(C(=O)N2CCc3sccc3C2C)c1N. The van der Waals surface area contributed by atoms with Crippen LogP contribution in [0.2, 0.25) is 0 Å². The van der Waals surface area contributed by atoms with E-state index in [4.69, 9.17) is 5.73 Å². The Kier molecular flexibility index (Phi) is 3.26. The van der Waals surface area contributed by atoms with Crippen LogP contribution in [0.25, 0.3) is 0 Å². The molecule has 0 spiro atoms. The Morgan fingerprint density at radius 1 is 1.40 bits per heavy atom. The molecule has 4 heteroatoms. The van der Waals surface area contributed by atoms with Gasteiger partial charge in [-0.1, -0.05) is 12.1 Å². The monoisotopic (exact) mass is 286 g/mol. The first-order chi connectivity index (χ1) is 9.59. The number of aryl methyl sites for hydroxylation is 1. The molecule has 1 aliphatic heterocycles. The van der Waals surface area contributed by atoms with Crippen molar-refractivity contribution >= 4 is 22.9 Å². The van der Waals surface area contributed by atoms with Crippen LogP contribution in [0.4, 0.5) is 5.69 Å². The second kappa shape index (κ2) is 4.94. The smallest absolute Gasteiger partial charge is 0.256 e. The van der Waals surface area contributed by atoms with Crippen molar-refractivity contribution in [2.45, 2.75) is 26.3 Å². The fourth-order valence-electron chi connectivity index (χ4n) is 2.81. The number of thiophene rings is 1. The molecule has 0 fully saturated rings. The van der Waals surface area contributed by atoms with Gasteiger partial charge in [-0.05, 0) is 48.9 Å². The molecular weight excluding hydrogens is 268 g/mol. The van der Waals surface area contributed by atoms with Crippen LogP contribution in [0.1, 0.15) is 39.3 Å². The molecule has 20 heavy (non-hydrogen) atoms. The zero-order valence-electron chi connectivity index (χ0n) is 11.7. The molecule has 1 aliphatic rings. The van der Waals surface area contributed by atoms with Crippen LogP contribution >= 0.6 is 11.3 Å². The number of anilines is 1. The fraction of sp³-hybridized carbons (Fsp3) is 0.312. The number of nitrogen functional groups attached to an aromatic ring is 1. The molecule has 2 heterocycles. The average molecular weight is 286 g/mol. The zero-order valence-corrected chi connectivity index (χ0v) is 12.5. The summed E-state index contributed by atoms with van der Waals surface area (Å²) < 4.78 is 0. The molecule has 1 aromatic heterocycles.